The van der Waals surface area contributed by atoms with Crippen LogP contribution in [0.15, 0.2) is 30.3 Å². The minimum atomic E-state index is -0.577. The lowest BCUT2D eigenvalue weighted by molar-refractivity contribution is -0.139. The summed E-state index contributed by atoms with van der Waals surface area (Å²) in [4.78, 5) is 26.5. The van der Waals surface area contributed by atoms with E-state index in [4.69, 9.17) is 4.74 Å². The molecule has 0 radical (unpaired) electrons. The Kier molecular flexibility index (Phi) is 6.61. The van der Waals surface area contributed by atoms with Gasteiger partial charge in [-0.3, -0.25) is 9.59 Å². The Bertz CT molecular complexity index is 539. The van der Waals surface area contributed by atoms with Gasteiger partial charge < -0.3 is 20.1 Å². The molecule has 0 saturated carbocycles. The van der Waals surface area contributed by atoms with Crippen molar-refractivity contribution in [3.8, 4) is 5.75 Å². The van der Waals surface area contributed by atoms with Crippen LogP contribution in [0.1, 0.15) is 26.7 Å². The third kappa shape index (κ3) is 5.23. The number of carbonyl (C=O) groups excluding carboxylic acids is 2. The minimum absolute atomic E-state index is 0.0231. The van der Waals surface area contributed by atoms with Crippen LogP contribution in [-0.2, 0) is 9.59 Å². The zero-order chi connectivity index (χ0) is 17.5. The maximum atomic E-state index is 12.6. The molecule has 2 amide bonds. The fourth-order valence-electron chi connectivity index (χ4n) is 2.68. The van der Waals surface area contributed by atoms with Gasteiger partial charge in [0.25, 0.3) is 5.91 Å². The van der Waals surface area contributed by atoms with Crippen LogP contribution in [0, 0.1) is 5.92 Å². The number of benzene rings is 1. The van der Waals surface area contributed by atoms with E-state index < -0.39 is 6.04 Å². The molecule has 0 bridgehead atoms. The Morgan fingerprint density at radius 1 is 1.25 bits per heavy atom. The fourth-order valence-corrected chi connectivity index (χ4v) is 2.68. The highest BCUT2D eigenvalue weighted by Gasteiger charge is 2.30. The monoisotopic (exact) mass is 334 g/mol. The molecule has 132 valence electrons. The summed E-state index contributed by atoms with van der Waals surface area (Å²) < 4.78 is 5.42. The second-order valence-corrected chi connectivity index (χ2v) is 6.45. The highest BCUT2D eigenvalue weighted by Crippen LogP contribution is 2.14. The van der Waals surface area contributed by atoms with Gasteiger partial charge in [-0.05, 0) is 30.9 Å². The number of amides is 2. The number of nitrogens with one attached hydrogen (secondary N) is 1. The van der Waals surface area contributed by atoms with Gasteiger partial charge in [-0.15, -0.1) is 0 Å². The highest BCUT2D eigenvalue weighted by molar-refractivity contribution is 5.88. The molecule has 6 nitrogen and oxygen atoms in total. The predicted molar refractivity (Wildman–Crippen MR) is 90.5 cm³/mol. The average molecular weight is 334 g/mol. The summed E-state index contributed by atoms with van der Waals surface area (Å²) in [6, 6.07) is 8.51. The van der Waals surface area contributed by atoms with Gasteiger partial charge in [0.1, 0.15) is 11.8 Å². The molecule has 1 saturated heterocycles. The van der Waals surface area contributed by atoms with Gasteiger partial charge in [0.05, 0.1) is 6.10 Å². The summed E-state index contributed by atoms with van der Waals surface area (Å²) >= 11 is 0. The Morgan fingerprint density at radius 3 is 2.46 bits per heavy atom. The number of hydrogen-bond acceptors (Lipinski definition) is 4. The first-order chi connectivity index (χ1) is 11.5. The van der Waals surface area contributed by atoms with Gasteiger partial charge in [0.2, 0.25) is 5.91 Å². The van der Waals surface area contributed by atoms with Crippen molar-refractivity contribution in [2.75, 3.05) is 19.7 Å². The van der Waals surface area contributed by atoms with E-state index in [-0.39, 0.29) is 30.4 Å². The second-order valence-electron chi connectivity index (χ2n) is 6.45. The third-order valence-corrected chi connectivity index (χ3v) is 4.14. The molecule has 1 aliphatic rings. The minimum Gasteiger partial charge on any atom is -0.484 e. The van der Waals surface area contributed by atoms with Crippen LogP contribution in [-0.4, -0.2) is 53.7 Å². The molecular weight excluding hydrogens is 308 g/mol. The first-order valence-corrected chi connectivity index (χ1v) is 8.41. The van der Waals surface area contributed by atoms with E-state index in [1.54, 1.807) is 17.0 Å². The zero-order valence-corrected chi connectivity index (χ0v) is 14.3. The van der Waals surface area contributed by atoms with E-state index in [1.165, 1.54) is 0 Å². The Labute approximate surface area is 142 Å². The summed E-state index contributed by atoms with van der Waals surface area (Å²) in [6.45, 7) is 4.73. The maximum absolute atomic E-state index is 12.6. The standard InChI is InChI=1S/C18H26N2O4/c1-13(2)17(18(23)20-10-8-14(21)9-11-20)19-16(22)12-24-15-6-4-3-5-7-15/h3-7,13-14,17,21H,8-12H2,1-2H3,(H,19,22). The van der Waals surface area contributed by atoms with Crippen LogP contribution in [0.2, 0.25) is 0 Å². The van der Waals surface area contributed by atoms with Crippen LogP contribution in [0.25, 0.3) is 0 Å². The topological polar surface area (TPSA) is 78.9 Å². The number of aliphatic hydroxyl groups is 1. The lowest BCUT2D eigenvalue weighted by Gasteiger charge is -2.33. The number of ether oxygens (including phenoxy) is 1. The van der Waals surface area contributed by atoms with Crippen molar-refractivity contribution >= 4 is 11.8 Å². The third-order valence-electron chi connectivity index (χ3n) is 4.14. The van der Waals surface area contributed by atoms with E-state index in [1.807, 2.05) is 32.0 Å². The van der Waals surface area contributed by atoms with Crippen molar-refractivity contribution < 1.29 is 19.4 Å². The van der Waals surface area contributed by atoms with E-state index in [0.29, 0.717) is 31.7 Å². The summed E-state index contributed by atoms with van der Waals surface area (Å²) in [5, 5.41) is 12.3. The fraction of sp³-hybridized carbons (Fsp3) is 0.556. The number of carbonyl (C=O) groups is 2. The van der Waals surface area contributed by atoms with Gasteiger partial charge in [0, 0.05) is 13.1 Å². The molecule has 2 rings (SSSR count). The predicted octanol–water partition coefficient (Wildman–Crippen LogP) is 1.19. The molecule has 24 heavy (non-hydrogen) atoms. The highest BCUT2D eigenvalue weighted by atomic mass is 16.5. The SMILES string of the molecule is CC(C)C(NC(=O)COc1ccccc1)C(=O)N1CCC(O)CC1. The molecule has 2 N–H and O–H groups in total. The normalized spacial score (nSPS) is 16.8. The van der Waals surface area contributed by atoms with Gasteiger partial charge in [0.15, 0.2) is 6.61 Å². The Hall–Kier alpha value is -2.08. The van der Waals surface area contributed by atoms with E-state index in [0.717, 1.165) is 0 Å². The van der Waals surface area contributed by atoms with Crippen LogP contribution < -0.4 is 10.1 Å². The molecule has 6 heteroatoms. The molecule has 1 atom stereocenters. The number of aliphatic hydroxyl groups excluding tert-OH is 1. The van der Waals surface area contributed by atoms with Gasteiger partial charge in [-0.25, -0.2) is 0 Å². The second kappa shape index (κ2) is 8.68. The van der Waals surface area contributed by atoms with Crippen molar-refractivity contribution in [1.82, 2.24) is 10.2 Å². The lowest BCUT2D eigenvalue weighted by atomic mass is 10.0. The van der Waals surface area contributed by atoms with Crippen LogP contribution in [0.3, 0.4) is 0 Å². The molecule has 1 heterocycles. The molecule has 1 unspecified atom stereocenters. The van der Waals surface area contributed by atoms with E-state index >= 15 is 0 Å². The Balaban J connectivity index is 1.88. The van der Waals surface area contributed by atoms with Crippen LogP contribution >= 0.6 is 0 Å². The van der Waals surface area contributed by atoms with Crippen LogP contribution in [0.5, 0.6) is 5.75 Å². The molecule has 0 aromatic heterocycles. The Morgan fingerprint density at radius 2 is 1.88 bits per heavy atom. The van der Waals surface area contributed by atoms with Crippen molar-refractivity contribution in [3.63, 3.8) is 0 Å². The smallest absolute Gasteiger partial charge is 0.258 e. The molecule has 0 aliphatic carbocycles. The lowest BCUT2D eigenvalue weighted by Crippen LogP contribution is -2.54. The number of nitrogens with zero attached hydrogens (tertiary/aromatic N) is 1. The summed E-state index contributed by atoms with van der Waals surface area (Å²) in [6.07, 6.45) is 0.837. The molecule has 1 aromatic carbocycles. The molecule has 1 aromatic rings. The van der Waals surface area contributed by atoms with Gasteiger partial charge in [-0.1, -0.05) is 32.0 Å². The quantitative estimate of drug-likeness (QED) is 0.819. The summed E-state index contributed by atoms with van der Waals surface area (Å²) in [5.74, 6) is 0.183. The summed E-state index contributed by atoms with van der Waals surface area (Å²) in [5.41, 5.74) is 0. The van der Waals surface area contributed by atoms with Crippen molar-refractivity contribution in [3.05, 3.63) is 30.3 Å². The van der Waals surface area contributed by atoms with Crippen molar-refractivity contribution in [2.24, 2.45) is 5.92 Å². The number of para-hydroxylation sites is 1. The van der Waals surface area contributed by atoms with E-state index in [2.05, 4.69) is 5.32 Å². The average Bonchev–Trinajstić information content (AvgIpc) is 2.58. The molecule has 0 spiro atoms. The first kappa shape index (κ1) is 18.3. The molecular formula is C18H26N2O4. The van der Waals surface area contributed by atoms with Crippen LogP contribution in [0.4, 0.5) is 0 Å². The number of piperidine rings is 1. The molecule has 1 aliphatic heterocycles. The zero-order valence-electron chi connectivity index (χ0n) is 14.3. The largest absolute Gasteiger partial charge is 0.484 e. The number of rotatable bonds is 6. The van der Waals surface area contributed by atoms with Crippen molar-refractivity contribution in [1.29, 1.82) is 0 Å². The van der Waals surface area contributed by atoms with Gasteiger partial charge in [-0.2, -0.15) is 0 Å². The van der Waals surface area contributed by atoms with Crippen molar-refractivity contribution in [2.45, 2.75) is 38.8 Å². The molecule has 1 fully saturated rings. The van der Waals surface area contributed by atoms with Gasteiger partial charge >= 0.3 is 0 Å². The maximum Gasteiger partial charge on any atom is 0.258 e. The number of hydrogen-bond donors (Lipinski definition) is 2. The first-order valence-electron chi connectivity index (χ1n) is 8.41. The number of likely N-dealkylation sites (tertiary alicyclic amines) is 1. The van der Waals surface area contributed by atoms with E-state index in [9.17, 15) is 14.7 Å². The summed E-state index contributed by atoms with van der Waals surface area (Å²) in [7, 11) is 0.